The SMILES string of the molecule is COc1ccccc1C(=O)NCCN(CCN1CCOCC1)C(C)=O. The summed E-state index contributed by atoms with van der Waals surface area (Å²) in [5, 5.41) is 2.85. The molecular formula is C18H27N3O4. The maximum atomic E-state index is 12.3. The van der Waals surface area contributed by atoms with Crippen molar-refractivity contribution in [3.05, 3.63) is 29.8 Å². The van der Waals surface area contributed by atoms with Gasteiger partial charge in [-0.05, 0) is 12.1 Å². The molecule has 1 saturated heterocycles. The first kappa shape index (κ1) is 19.2. The Bertz CT molecular complexity index is 573. The van der Waals surface area contributed by atoms with E-state index in [0.29, 0.717) is 30.9 Å². The highest BCUT2D eigenvalue weighted by Gasteiger charge is 2.15. The Morgan fingerprint density at radius 2 is 1.96 bits per heavy atom. The quantitative estimate of drug-likeness (QED) is 0.744. The van der Waals surface area contributed by atoms with Crippen molar-refractivity contribution in [3.8, 4) is 5.75 Å². The summed E-state index contributed by atoms with van der Waals surface area (Å²) in [6.45, 7) is 7.21. The molecule has 7 nitrogen and oxygen atoms in total. The zero-order valence-electron chi connectivity index (χ0n) is 15.0. The number of amides is 2. The third kappa shape index (κ3) is 6.03. The number of morpholine rings is 1. The van der Waals surface area contributed by atoms with Crippen LogP contribution in [0.15, 0.2) is 24.3 Å². The van der Waals surface area contributed by atoms with E-state index in [1.54, 1.807) is 30.0 Å². The van der Waals surface area contributed by atoms with Crippen LogP contribution >= 0.6 is 0 Å². The molecule has 2 amide bonds. The molecule has 0 saturated carbocycles. The largest absolute Gasteiger partial charge is 0.496 e. The van der Waals surface area contributed by atoms with Gasteiger partial charge in [0.1, 0.15) is 5.75 Å². The predicted octanol–water partition coefficient (Wildman–Crippen LogP) is 0.606. The van der Waals surface area contributed by atoms with Crippen molar-refractivity contribution in [3.63, 3.8) is 0 Å². The molecule has 1 aliphatic rings. The number of methoxy groups -OCH3 is 1. The Morgan fingerprint density at radius 3 is 2.64 bits per heavy atom. The van der Waals surface area contributed by atoms with Crippen LogP contribution in [0.25, 0.3) is 0 Å². The summed E-state index contributed by atoms with van der Waals surface area (Å²) in [5.41, 5.74) is 0.493. The van der Waals surface area contributed by atoms with E-state index in [1.807, 2.05) is 6.07 Å². The number of hydrogen-bond donors (Lipinski definition) is 1. The van der Waals surface area contributed by atoms with Crippen LogP contribution in [0.3, 0.4) is 0 Å². The number of nitrogens with zero attached hydrogens (tertiary/aromatic N) is 2. The topological polar surface area (TPSA) is 71.1 Å². The van der Waals surface area contributed by atoms with Crippen LogP contribution in [-0.4, -0.2) is 81.2 Å². The third-order valence-electron chi connectivity index (χ3n) is 4.25. The van der Waals surface area contributed by atoms with E-state index in [1.165, 1.54) is 7.11 Å². The van der Waals surface area contributed by atoms with Gasteiger partial charge in [-0.3, -0.25) is 14.5 Å². The molecular weight excluding hydrogens is 322 g/mol. The lowest BCUT2D eigenvalue weighted by Gasteiger charge is -2.29. The van der Waals surface area contributed by atoms with Crippen LogP contribution in [0.5, 0.6) is 5.75 Å². The van der Waals surface area contributed by atoms with E-state index in [2.05, 4.69) is 10.2 Å². The number of benzene rings is 1. The number of ether oxygens (including phenoxy) is 2. The van der Waals surface area contributed by atoms with Gasteiger partial charge in [0.25, 0.3) is 5.91 Å². The second-order valence-electron chi connectivity index (χ2n) is 5.92. The van der Waals surface area contributed by atoms with Gasteiger partial charge in [0.05, 0.1) is 25.9 Å². The molecule has 0 spiro atoms. The Balaban J connectivity index is 1.78. The number of carbonyl (C=O) groups is 2. The van der Waals surface area contributed by atoms with Gasteiger partial charge < -0.3 is 19.7 Å². The number of nitrogens with one attached hydrogen (secondary N) is 1. The molecule has 2 rings (SSSR count). The zero-order valence-corrected chi connectivity index (χ0v) is 15.0. The van der Waals surface area contributed by atoms with Gasteiger partial charge in [0, 0.05) is 46.2 Å². The van der Waals surface area contributed by atoms with Crippen molar-refractivity contribution in [2.24, 2.45) is 0 Å². The molecule has 0 bridgehead atoms. The lowest BCUT2D eigenvalue weighted by atomic mass is 10.2. The summed E-state index contributed by atoms with van der Waals surface area (Å²) in [4.78, 5) is 28.1. The first-order valence-corrected chi connectivity index (χ1v) is 8.58. The van der Waals surface area contributed by atoms with E-state index in [0.717, 1.165) is 32.8 Å². The minimum Gasteiger partial charge on any atom is -0.496 e. The van der Waals surface area contributed by atoms with Gasteiger partial charge in [-0.1, -0.05) is 12.1 Å². The van der Waals surface area contributed by atoms with Gasteiger partial charge in [0.15, 0.2) is 0 Å². The normalized spacial score (nSPS) is 14.8. The Morgan fingerprint density at radius 1 is 1.24 bits per heavy atom. The van der Waals surface area contributed by atoms with E-state index >= 15 is 0 Å². The highest BCUT2D eigenvalue weighted by Crippen LogP contribution is 2.16. The summed E-state index contributed by atoms with van der Waals surface area (Å²) in [7, 11) is 1.54. The van der Waals surface area contributed by atoms with Crippen LogP contribution in [0.1, 0.15) is 17.3 Å². The summed E-state index contributed by atoms with van der Waals surface area (Å²) in [6, 6.07) is 7.08. The molecule has 1 aromatic rings. The van der Waals surface area contributed by atoms with Gasteiger partial charge in [-0.2, -0.15) is 0 Å². The number of para-hydroxylation sites is 1. The summed E-state index contributed by atoms with van der Waals surface area (Å²) >= 11 is 0. The van der Waals surface area contributed by atoms with Crippen LogP contribution in [0.4, 0.5) is 0 Å². The molecule has 1 aromatic carbocycles. The molecule has 1 aliphatic heterocycles. The summed E-state index contributed by atoms with van der Waals surface area (Å²) < 4.78 is 10.5. The standard InChI is InChI=1S/C18H27N3O4/c1-15(22)21(10-9-20-11-13-25-14-12-20)8-7-19-18(23)16-5-3-4-6-17(16)24-2/h3-6H,7-14H2,1-2H3,(H,19,23). The minimum absolute atomic E-state index is 0.0137. The first-order valence-electron chi connectivity index (χ1n) is 8.58. The van der Waals surface area contributed by atoms with Gasteiger partial charge >= 0.3 is 0 Å². The summed E-state index contributed by atoms with van der Waals surface area (Å²) in [6.07, 6.45) is 0. The maximum Gasteiger partial charge on any atom is 0.255 e. The number of rotatable bonds is 8. The minimum atomic E-state index is -0.200. The van der Waals surface area contributed by atoms with Gasteiger partial charge in [-0.25, -0.2) is 0 Å². The van der Waals surface area contributed by atoms with Crippen molar-refractivity contribution in [1.29, 1.82) is 0 Å². The molecule has 138 valence electrons. The van der Waals surface area contributed by atoms with Crippen molar-refractivity contribution < 1.29 is 19.1 Å². The fraction of sp³-hybridized carbons (Fsp3) is 0.556. The fourth-order valence-electron chi connectivity index (χ4n) is 2.75. The summed E-state index contributed by atoms with van der Waals surface area (Å²) in [5.74, 6) is 0.352. The second-order valence-corrected chi connectivity index (χ2v) is 5.92. The van der Waals surface area contributed by atoms with Crippen molar-refractivity contribution >= 4 is 11.8 Å². The smallest absolute Gasteiger partial charge is 0.255 e. The lowest BCUT2D eigenvalue weighted by Crippen LogP contribution is -2.44. The molecule has 0 unspecified atom stereocenters. The second kappa shape index (κ2) is 10.0. The maximum absolute atomic E-state index is 12.3. The number of hydrogen-bond acceptors (Lipinski definition) is 5. The van der Waals surface area contributed by atoms with Crippen molar-refractivity contribution in [2.75, 3.05) is 59.6 Å². The lowest BCUT2D eigenvalue weighted by molar-refractivity contribution is -0.129. The van der Waals surface area contributed by atoms with Crippen LogP contribution in [0.2, 0.25) is 0 Å². The van der Waals surface area contributed by atoms with E-state index in [9.17, 15) is 9.59 Å². The highest BCUT2D eigenvalue weighted by atomic mass is 16.5. The van der Waals surface area contributed by atoms with Crippen LogP contribution in [-0.2, 0) is 9.53 Å². The molecule has 1 N–H and O–H groups in total. The van der Waals surface area contributed by atoms with Crippen molar-refractivity contribution in [1.82, 2.24) is 15.1 Å². The van der Waals surface area contributed by atoms with Crippen LogP contribution in [0, 0.1) is 0 Å². The predicted molar refractivity (Wildman–Crippen MR) is 94.8 cm³/mol. The molecule has 7 heteroatoms. The van der Waals surface area contributed by atoms with E-state index in [-0.39, 0.29) is 11.8 Å². The average Bonchev–Trinajstić information content (AvgIpc) is 2.64. The highest BCUT2D eigenvalue weighted by molar-refractivity contribution is 5.96. The first-order chi connectivity index (χ1) is 12.1. The molecule has 1 fully saturated rings. The monoisotopic (exact) mass is 349 g/mol. The van der Waals surface area contributed by atoms with Gasteiger partial charge in [-0.15, -0.1) is 0 Å². The molecule has 0 radical (unpaired) electrons. The van der Waals surface area contributed by atoms with Gasteiger partial charge in [0.2, 0.25) is 5.91 Å². The average molecular weight is 349 g/mol. The molecule has 25 heavy (non-hydrogen) atoms. The zero-order chi connectivity index (χ0) is 18.1. The Kier molecular flexibility index (Phi) is 7.69. The Labute approximate surface area is 148 Å². The molecule has 0 atom stereocenters. The van der Waals surface area contributed by atoms with Crippen molar-refractivity contribution in [2.45, 2.75) is 6.92 Å². The van der Waals surface area contributed by atoms with E-state index in [4.69, 9.17) is 9.47 Å². The van der Waals surface area contributed by atoms with E-state index < -0.39 is 0 Å². The van der Waals surface area contributed by atoms with Crippen LogP contribution < -0.4 is 10.1 Å². The molecule has 0 aliphatic carbocycles. The third-order valence-corrected chi connectivity index (χ3v) is 4.25. The molecule has 0 aromatic heterocycles. The molecule has 1 heterocycles. The fourth-order valence-corrected chi connectivity index (χ4v) is 2.75. The Hall–Kier alpha value is -2.12. The number of carbonyl (C=O) groups excluding carboxylic acids is 2.